The van der Waals surface area contributed by atoms with Crippen molar-refractivity contribution >= 4 is 0 Å². The Labute approximate surface area is 229 Å². The van der Waals surface area contributed by atoms with Crippen LogP contribution in [0.3, 0.4) is 0 Å². The smallest absolute Gasteiger partial charge is 0.0594 e. The molecule has 2 N–H and O–H groups in total. The summed E-state index contributed by atoms with van der Waals surface area (Å²) in [7, 11) is 0. The molecule has 5 saturated carbocycles. The number of rotatable bonds is 4. The molecule has 5 fully saturated rings. The molecule has 5 rings (SSSR count). The van der Waals surface area contributed by atoms with Gasteiger partial charge < -0.3 is 14.9 Å². The highest BCUT2D eigenvalue weighted by atomic mass is 16.5. The topological polar surface area (TPSA) is 49.7 Å². The minimum Gasteiger partial charge on any atom is -0.396 e. The second-order valence-electron chi connectivity index (χ2n) is 15.4. The Kier molecular flexibility index (Phi) is 8.18. The van der Waals surface area contributed by atoms with Gasteiger partial charge in [0.05, 0.1) is 6.10 Å². The molecular weight excluding hydrogens is 456 g/mol. The molecule has 5 aliphatic rings. The van der Waals surface area contributed by atoms with Crippen LogP contribution >= 0.6 is 0 Å². The quantitative estimate of drug-likeness (QED) is 0.372. The lowest BCUT2D eigenvalue weighted by Crippen LogP contribution is -2.66. The second kappa shape index (κ2) is 10.2. The molecule has 214 valence electrons. The molecule has 0 bridgehead atoms. The Bertz CT molecular complexity index is 833. The average molecular weight is 517 g/mol. The van der Waals surface area contributed by atoms with Crippen LogP contribution in [0.4, 0.5) is 0 Å². The molecule has 37 heavy (non-hydrogen) atoms. The van der Waals surface area contributed by atoms with E-state index in [0.29, 0.717) is 40.6 Å². The Hall–Kier alpha value is -0.380. The first-order valence-corrected chi connectivity index (χ1v) is 15.8. The van der Waals surface area contributed by atoms with E-state index in [4.69, 9.17) is 4.74 Å². The number of aliphatic hydroxyl groups is 2. The predicted octanol–water partition coefficient (Wildman–Crippen LogP) is 8.04. The number of ether oxygens (including phenoxy) is 1. The Morgan fingerprint density at radius 3 is 2.05 bits per heavy atom. The van der Waals surface area contributed by atoms with E-state index >= 15 is 0 Å². The summed E-state index contributed by atoms with van der Waals surface area (Å²) in [5.74, 6) is 3.33. The third-order valence-corrected chi connectivity index (χ3v) is 13.9. The van der Waals surface area contributed by atoms with Gasteiger partial charge in [-0.1, -0.05) is 46.8 Å². The van der Waals surface area contributed by atoms with Gasteiger partial charge in [-0.25, -0.2) is 0 Å². The first-order chi connectivity index (χ1) is 17.3. The van der Waals surface area contributed by atoms with Crippen molar-refractivity contribution in [3.8, 4) is 0 Å². The van der Waals surface area contributed by atoms with Gasteiger partial charge in [-0.2, -0.15) is 0 Å². The van der Waals surface area contributed by atoms with Crippen molar-refractivity contribution in [2.24, 2.45) is 56.7 Å². The number of hydrogen-bond acceptors (Lipinski definition) is 3. The average Bonchev–Trinajstić information content (AvgIpc) is 3.24. The molecule has 0 aromatic carbocycles. The largest absolute Gasteiger partial charge is 0.396 e. The maximum Gasteiger partial charge on any atom is 0.0594 e. The lowest BCUT2D eigenvalue weighted by atomic mass is 9.32. The Morgan fingerprint density at radius 2 is 1.49 bits per heavy atom. The molecule has 0 radical (unpaired) electrons. The third kappa shape index (κ3) is 4.22. The van der Waals surface area contributed by atoms with Gasteiger partial charge in [-0.3, -0.25) is 0 Å². The van der Waals surface area contributed by atoms with Gasteiger partial charge in [-0.05, 0) is 142 Å². The SMILES string of the molecule is C=C(C)[C@@H]1CC[C@]2(CO)CC[C@]3(C)[C@H](CC[C@@H]4[C@@]5(C)CC[C@H](O)C(C)(C)[C@@H]5CC[C@]43C)[C@@H]12.CCOCC. The molecule has 0 spiro atoms. The molecule has 0 saturated heterocycles. The monoisotopic (exact) mass is 516 g/mol. The minimum atomic E-state index is -0.147. The summed E-state index contributed by atoms with van der Waals surface area (Å²) in [4.78, 5) is 0. The van der Waals surface area contributed by atoms with Crippen LogP contribution < -0.4 is 0 Å². The van der Waals surface area contributed by atoms with Crippen LogP contribution in [-0.4, -0.2) is 36.1 Å². The fourth-order valence-corrected chi connectivity index (χ4v) is 11.8. The zero-order valence-corrected chi connectivity index (χ0v) is 25.7. The van der Waals surface area contributed by atoms with E-state index in [-0.39, 0.29) is 16.9 Å². The lowest BCUT2D eigenvalue weighted by Gasteiger charge is -2.73. The van der Waals surface area contributed by atoms with E-state index < -0.39 is 0 Å². The van der Waals surface area contributed by atoms with Crippen molar-refractivity contribution in [3.05, 3.63) is 12.2 Å². The van der Waals surface area contributed by atoms with Crippen LogP contribution in [0.1, 0.15) is 120 Å². The standard InChI is InChI=1S/C30H50O2.C4H10O/c1-19(2)20-10-15-30(18-31)17-16-28(6)21(25(20)30)8-9-23-27(5)13-12-24(32)26(3,4)22(27)11-14-29(23,28)7;1-3-5-4-2/h20-25,31-32H,1,8-18H2,2-7H3;3-4H2,1-2H3/t20-,21+,22-,23+,24-,25+,27-,28+,29+,30+;/m0./s1. The van der Waals surface area contributed by atoms with Crippen LogP contribution in [0, 0.1) is 56.7 Å². The van der Waals surface area contributed by atoms with Gasteiger partial charge in [0, 0.05) is 19.8 Å². The van der Waals surface area contributed by atoms with Crippen molar-refractivity contribution in [1.29, 1.82) is 0 Å². The number of allylic oxidation sites excluding steroid dienone is 1. The molecule has 3 nitrogen and oxygen atoms in total. The van der Waals surface area contributed by atoms with Crippen LogP contribution in [0.5, 0.6) is 0 Å². The third-order valence-electron chi connectivity index (χ3n) is 13.9. The van der Waals surface area contributed by atoms with E-state index in [0.717, 1.165) is 31.5 Å². The molecule has 5 aliphatic carbocycles. The first kappa shape index (κ1) is 29.6. The Morgan fingerprint density at radius 1 is 0.811 bits per heavy atom. The predicted molar refractivity (Wildman–Crippen MR) is 154 cm³/mol. The summed E-state index contributed by atoms with van der Waals surface area (Å²) < 4.78 is 4.83. The van der Waals surface area contributed by atoms with E-state index in [1.807, 2.05) is 13.8 Å². The summed E-state index contributed by atoms with van der Waals surface area (Å²) in [5.41, 5.74) is 2.60. The zero-order valence-electron chi connectivity index (χ0n) is 25.7. The molecule has 10 atom stereocenters. The van der Waals surface area contributed by atoms with Gasteiger partial charge in [-0.15, -0.1) is 0 Å². The summed E-state index contributed by atoms with van der Waals surface area (Å²) in [5, 5.41) is 21.5. The first-order valence-electron chi connectivity index (χ1n) is 15.8. The number of aliphatic hydroxyl groups excluding tert-OH is 2. The summed E-state index contributed by atoms with van der Waals surface area (Å²) in [6, 6.07) is 0. The molecule has 3 heteroatoms. The number of hydrogen-bond donors (Lipinski definition) is 2. The van der Waals surface area contributed by atoms with Crippen molar-refractivity contribution in [3.63, 3.8) is 0 Å². The highest BCUT2D eigenvalue weighted by Crippen LogP contribution is 2.77. The van der Waals surface area contributed by atoms with Gasteiger partial charge in [0.15, 0.2) is 0 Å². The highest BCUT2D eigenvalue weighted by Gasteiger charge is 2.70. The molecular formula is C34H60O3. The molecule has 0 aromatic heterocycles. The highest BCUT2D eigenvalue weighted by molar-refractivity contribution is 5.21. The van der Waals surface area contributed by atoms with E-state index in [1.54, 1.807) is 0 Å². The van der Waals surface area contributed by atoms with Crippen molar-refractivity contribution in [2.45, 2.75) is 126 Å². The molecule has 0 aromatic rings. The summed E-state index contributed by atoms with van der Waals surface area (Å²) >= 11 is 0. The Balaban J connectivity index is 0.000000586. The van der Waals surface area contributed by atoms with Crippen molar-refractivity contribution < 1.29 is 14.9 Å². The van der Waals surface area contributed by atoms with Gasteiger partial charge in [0.25, 0.3) is 0 Å². The van der Waals surface area contributed by atoms with Crippen molar-refractivity contribution in [2.75, 3.05) is 19.8 Å². The molecule has 0 heterocycles. The van der Waals surface area contributed by atoms with Gasteiger partial charge >= 0.3 is 0 Å². The van der Waals surface area contributed by atoms with Crippen molar-refractivity contribution in [1.82, 2.24) is 0 Å². The van der Waals surface area contributed by atoms with Crippen LogP contribution in [-0.2, 0) is 4.74 Å². The summed E-state index contributed by atoms with van der Waals surface area (Å²) in [6.07, 6.45) is 12.2. The normalized spacial score (nSPS) is 50.0. The van der Waals surface area contributed by atoms with Crippen LogP contribution in [0.15, 0.2) is 12.2 Å². The molecule has 0 amide bonds. The molecule has 0 aliphatic heterocycles. The fourth-order valence-electron chi connectivity index (χ4n) is 11.8. The van der Waals surface area contributed by atoms with E-state index in [9.17, 15) is 10.2 Å². The number of fused-ring (bicyclic) bond motifs is 7. The zero-order chi connectivity index (χ0) is 27.4. The van der Waals surface area contributed by atoms with E-state index in [2.05, 4.69) is 48.1 Å². The fraction of sp³-hybridized carbons (Fsp3) is 0.941. The van der Waals surface area contributed by atoms with Crippen LogP contribution in [0.2, 0.25) is 0 Å². The van der Waals surface area contributed by atoms with E-state index in [1.165, 1.54) is 63.4 Å². The minimum absolute atomic E-state index is 0.0290. The summed E-state index contributed by atoms with van der Waals surface area (Å²) in [6.45, 7) is 25.4. The maximum absolute atomic E-state index is 10.9. The van der Waals surface area contributed by atoms with Gasteiger partial charge in [0.2, 0.25) is 0 Å². The lowest BCUT2D eigenvalue weighted by molar-refractivity contribution is -0.249. The van der Waals surface area contributed by atoms with Crippen LogP contribution in [0.25, 0.3) is 0 Å². The molecule has 0 unspecified atom stereocenters. The second-order valence-corrected chi connectivity index (χ2v) is 15.4. The van der Waals surface area contributed by atoms with Gasteiger partial charge in [0.1, 0.15) is 0 Å². The maximum atomic E-state index is 10.9.